The number of nitrogens with one attached hydrogen (secondary N) is 1. The zero-order chi connectivity index (χ0) is 16.2. The maximum absolute atomic E-state index is 12.2. The summed E-state index contributed by atoms with van der Waals surface area (Å²) in [6.45, 7) is 7.29. The van der Waals surface area contributed by atoms with Gasteiger partial charge in [0.2, 0.25) is 5.91 Å². The van der Waals surface area contributed by atoms with Crippen LogP contribution in [0.5, 0.6) is 0 Å². The van der Waals surface area contributed by atoms with Crippen molar-refractivity contribution < 1.29 is 4.79 Å². The number of carbonyl (C=O) groups is 1. The van der Waals surface area contributed by atoms with Crippen molar-refractivity contribution in [3.05, 3.63) is 45.4 Å². The molecule has 4 nitrogen and oxygen atoms in total. The molecule has 0 unspecified atom stereocenters. The van der Waals surface area contributed by atoms with Gasteiger partial charge in [0.25, 0.3) is 0 Å². The molecule has 2 heterocycles. The minimum atomic E-state index is -0.00303. The lowest BCUT2D eigenvalue weighted by atomic mass is 10.1. The molecule has 122 valence electrons. The standard InChI is InChI=1S/C18H23N3OS/c1-13-5-6-14(2)16(9-13)20-17(22)10-15-12-23-18(19-15)11-21-7-3-4-8-21/h5-6,9,12H,3-4,7-8,10-11H2,1-2H3,(H,20,22). The van der Waals surface area contributed by atoms with Gasteiger partial charge in [-0.3, -0.25) is 9.69 Å². The highest BCUT2D eigenvalue weighted by Gasteiger charge is 2.15. The average molecular weight is 329 g/mol. The lowest BCUT2D eigenvalue weighted by Gasteiger charge is -2.11. The molecule has 1 aromatic carbocycles. The van der Waals surface area contributed by atoms with E-state index >= 15 is 0 Å². The molecule has 0 aliphatic carbocycles. The zero-order valence-electron chi connectivity index (χ0n) is 13.8. The summed E-state index contributed by atoms with van der Waals surface area (Å²) < 4.78 is 0. The summed E-state index contributed by atoms with van der Waals surface area (Å²) in [7, 11) is 0. The number of amides is 1. The lowest BCUT2D eigenvalue weighted by Crippen LogP contribution is -2.18. The topological polar surface area (TPSA) is 45.2 Å². The predicted octanol–water partition coefficient (Wildman–Crippen LogP) is 3.54. The molecule has 0 bridgehead atoms. The molecule has 1 N–H and O–H groups in total. The van der Waals surface area contributed by atoms with Crippen LogP contribution in [0.2, 0.25) is 0 Å². The summed E-state index contributed by atoms with van der Waals surface area (Å²) in [6, 6.07) is 6.09. The molecule has 1 aliphatic heterocycles. The molecular weight excluding hydrogens is 306 g/mol. The highest BCUT2D eigenvalue weighted by Crippen LogP contribution is 2.19. The van der Waals surface area contributed by atoms with E-state index in [-0.39, 0.29) is 5.91 Å². The van der Waals surface area contributed by atoms with Gasteiger partial charge in [0.15, 0.2) is 0 Å². The number of benzene rings is 1. The first-order valence-corrected chi connectivity index (χ1v) is 9.01. The fourth-order valence-corrected chi connectivity index (χ4v) is 3.70. The molecule has 0 radical (unpaired) electrons. The van der Waals surface area contributed by atoms with E-state index in [1.165, 1.54) is 25.9 Å². The Kier molecular flexibility index (Phi) is 5.08. The number of anilines is 1. The van der Waals surface area contributed by atoms with Crippen molar-refractivity contribution in [2.24, 2.45) is 0 Å². The van der Waals surface area contributed by atoms with Crippen LogP contribution in [0.1, 0.15) is 34.7 Å². The molecule has 2 aromatic rings. The van der Waals surface area contributed by atoms with Crippen LogP contribution in [0.25, 0.3) is 0 Å². The van der Waals surface area contributed by atoms with E-state index in [1.54, 1.807) is 11.3 Å². The number of hydrogen-bond acceptors (Lipinski definition) is 4. The van der Waals surface area contributed by atoms with Gasteiger partial charge in [0.05, 0.1) is 18.7 Å². The van der Waals surface area contributed by atoms with Gasteiger partial charge in [-0.05, 0) is 57.0 Å². The molecule has 1 amide bonds. The third-order valence-electron chi connectivity index (χ3n) is 4.17. The molecule has 1 saturated heterocycles. The first kappa shape index (κ1) is 16.1. The maximum atomic E-state index is 12.2. The first-order chi connectivity index (χ1) is 11.1. The Balaban J connectivity index is 1.57. The van der Waals surface area contributed by atoms with Crippen LogP contribution >= 0.6 is 11.3 Å². The molecule has 5 heteroatoms. The van der Waals surface area contributed by atoms with Gasteiger partial charge in [-0.1, -0.05) is 12.1 Å². The summed E-state index contributed by atoms with van der Waals surface area (Å²) in [5.74, 6) is -0.00303. The number of thiazole rings is 1. The monoisotopic (exact) mass is 329 g/mol. The Labute approximate surface area is 141 Å². The van der Waals surface area contributed by atoms with Crippen molar-refractivity contribution in [1.29, 1.82) is 0 Å². The number of hydrogen-bond donors (Lipinski definition) is 1. The van der Waals surface area contributed by atoms with E-state index in [0.717, 1.165) is 34.1 Å². The van der Waals surface area contributed by atoms with Crippen molar-refractivity contribution >= 4 is 22.9 Å². The van der Waals surface area contributed by atoms with E-state index in [1.807, 2.05) is 31.4 Å². The van der Waals surface area contributed by atoms with E-state index < -0.39 is 0 Å². The minimum Gasteiger partial charge on any atom is -0.325 e. The Bertz CT molecular complexity index is 689. The van der Waals surface area contributed by atoms with Crippen molar-refractivity contribution in [1.82, 2.24) is 9.88 Å². The second-order valence-electron chi connectivity index (χ2n) is 6.26. The molecule has 0 atom stereocenters. The quantitative estimate of drug-likeness (QED) is 0.912. The summed E-state index contributed by atoms with van der Waals surface area (Å²) in [5.41, 5.74) is 3.99. The number of likely N-dealkylation sites (tertiary alicyclic amines) is 1. The van der Waals surface area contributed by atoms with Crippen molar-refractivity contribution in [3.63, 3.8) is 0 Å². The second-order valence-corrected chi connectivity index (χ2v) is 7.20. The molecule has 1 fully saturated rings. The molecule has 1 aromatic heterocycles. The molecule has 1 aliphatic rings. The molecule has 0 saturated carbocycles. The van der Waals surface area contributed by atoms with Crippen molar-refractivity contribution in [3.8, 4) is 0 Å². The van der Waals surface area contributed by atoms with E-state index in [9.17, 15) is 4.79 Å². The van der Waals surface area contributed by atoms with E-state index in [4.69, 9.17) is 0 Å². The van der Waals surface area contributed by atoms with Gasteiger partial charge >= 0.3 is 0 Å². The van der Waals surface area contributed by atoms with Crippen LogP contribution in [-0.4, -0.2) is 28.9 Å². The third-order valence-corrected chi connectivity index (χ3v) is 5.05. The van der Waals surface area contributed by atoms with Crippen LogP contribution in [0.3, 0.4) is 0 Å². The SMILES string of the molecule is Cc1ccc(C)c(NC(=O)Cc2csc(CN3CCCC3)n2)c1. The Morgan fingerprint density at radius 3 is 2.87 bits per heavy atom. The zero-order valence-corrected chi connectivity index (χ0v) is 14.6. The average Bonchev–Trinajstić information content (AvgIpc) is 3.15. The minimum absolute atomic E-state index is 0.00303. The smallest absolute Gasteiger partial charge is 0.230 e. The summed E-state index contributed by atoms with van der Waals surface area (Å²) in [6.07, 6.45) is 2.91. The highest BCUT2D eigenvalue weighted by atomic mass is 32.1. The van der Waals surface area contributed by atoms with E-state index in [2.05, 4.69) is 21.3 Å². The van der Waals surface area contributed by atoms with E-state index in [0.29, 0.717) is 6.42 Å². The molecule has 23 heavy (non-hydrogen) atoms. The Morgan fingerprint density at radius 1 is 1.30 bits per heavy atom. The van der Waals surface area contributed by atoms with Crippen LogP contribution in [0.15, 0.2) is 23.6 Å². The molecule has 3 rings (SSSR count). The number of aromatic nitrogens is 1. The number of nitrogens with zero attached hydrogens (tertiary/aromatic N) is 2. The molecule has 0 spiro atoms. The predicted molar refractivity (Wildman–Crippen MR) is 94.9 cm³/mol. The Morgan fingerprint density at radius 2 is 2.09 bits per heavy atom. The third kappa shape index (κ3) is 4.39. The van der Waals surface area contributed by atoms with Crippen molar-refractivity contribution in [2.45, 2.75) is 39.7 Å². The lowest BCUT2D eigenvalue weighted by molar-refractivity contribution is -0.115. The van der Waals surface area contributed by atoms with Gasteiger partial charge in [0, 0.05) is 11.1 Å². The molecular formula is C18H23N3OS. The fourth-order valence-electron chi connectivity index (χ4n) is 2.86. The van der Waals surface area contributed by atoms with Gasteiger partial charge in [-0.2, -0.15) is 0 Å². The van der Waals surface area contributed by atoms with Crippen LogP contribution < -0.4 is 5.32 Å². The first-order valence-electron chi connectivity index (χ1n) is 8.13. The Hall–Kier alpha value is -1.72. The van der Waals surface area contributed by atoms with Crippen LogP contribution in [0, 0.1) is 13.8 Å². The largest absolute Gasteiger partial charge is 0.325 e. The van der Waals surface area contributed by atoms with Gasteiger partial charge in [-0.15, -0.1) is 11.3 Å². The summed E-state index contributed by atoms with van der Waals surface area (Å²) in [4.78, 5) is 19.3. The normalized spacial score (nSPS) is 15.0. The fraction of sp³-hybridized carbons (Fsp3) is 0.444. The number of carbonyl (C=O) groups excluding carboxylic acids is 1. The van der Waals surface area contributed by atoms with Gasteiger partial charge < -0.3 is 5.32 Å². The number of aryl methyl sites for hydroxylation is 2. The van der Waals surface area contributed by atoms with Crippen LogP contribution in [-0.2, 0) is 17.8 Å². The van der Waals surface area contributed by atoms with Crippen LogP contribution in [0.4, 0.5) is 5.69 Å². The maximum Gasteiger partial charge on any atom is 0.230 e. The summed E-state index contributed by atoms with van der Waals surface area (Å²) in [5, 5.41) is 6.12. The number of rotatable bonds is 5. The second kappa shape index (κ2) is 7.23. The highest BCUT2D eigenvalue weighted by molar-refractivity contribution is 7.09. The van der Waals surface area contributed by atoms with Crippen molar-refractivity contribution in [2.75, 3.05) is 18.4 Å². The van der Waals surface area contributed by atoms with Gasteiger partial charge in [0.1, 0.15) is 5.01 Å². The summed E-state index contributed by atoms with van der Waals surface area (Å²) >= 11 is 1.66. The van der Waals surface area contributed by atoms with Gasteiger partial charge in [-0.25, -0.2) is 4.98 Å².